The number of benzene rings is 2. The molecule has 0 amide bonds. The van der Waals surface area contributed by atoms with Gasteiger partial charge in [0.25, 0.3) is 0 Å². The second-order valence-electron chi connectivity index (χ2n) is 6.13. The molecule has 1 aromatic heterocycles. The van der Waals surface area contributed by atoms with Crippen LogP contribution >= 0.6 is 35.4 Å². The predicted molar refractivity (Wildman–Crippen MR) is 111 cm³/mol. The first-order valence-electron chi connectivity index (χ1n) is 8.21. The van der Waals surface area contributed by atoms with Gasteiger partial charge < -0.3 is 0 Å². The van der Waals surface area contributed by atoms with Crippen LogP contribution in [0.25, 0.3) is 5.69 Å². The molecule has 0 bridgehead atoms. The van der Waals surface area contributed by atoms with Crippen LogP contribution in [0, 0.1) is 11.6 Å². The number of nitrogens with one attached hydrogen (secondary N) is 3. The number of aryl methyl sites for hydroxylation is 1. The van der Waals surface area contributed by atoms with Gasteiger partial charge in [-0.3, -0.25) is 10.1 Å². The van der Waals surface area contributed by atoms with E-state index in [1.54, 1.807) is 16.9 Å². The van der Waals surface area contributed by atoms with Crippen LogP contribution in [0.1, 0.15) is 16.7 Å². The number of H-pyrrole nitrogens is 1. The zero-order valence-corrected chi connectivity index (χ0v) is 16.7. The standard InChI is InChI=1S/C18H16Cl2N6S/c1-11-4-2-5-12(8-11)10-25-17(22-23-24-25)13-9-21-26(18(13)27)15-7-3-6-14(19)16(15)20/h2-9,21,23-24H,10H2,1H3. The topological polar surface area (TPSA) is 60.4 Å². The summed E-state index contributed by atoms with van der Waals surface area (Å²) in [5.41, 5.74) is 9.65. The van der Waals surface area contributed by atoms with Crippen LogP contribution in [-0.4, -0.2) is 20.6 Å². The molecule has 2 heterocycles. The number of aromatic nitrogens is 2. The molecule has 6 nitrogen and oxygen atoms in total. The number of halogens is 2. The Kier molecular flexibility index (Phi) is 4.92. The van der Waals surface area contributed by atoms with Gasteiger partial charge in [0.2, 0.25) is 0 Å². The summed E-state index contributed by atoms with van der Waals surface area (Å²) in [5, 5.41) is 10.3. The zero-order valence-electron chi connectivity index (χ0n) is 14.3. The fourth-order valence-electron chi connectivity index (χ4n) is 2.94. The molecule has 1 aliphatic rings. The van der Waals surface area contributed by atoms with Crippen molar-refractivity contribution in [3.05, 3.63) is 80.0 Å². The van der Waals surface area contributed by atoms with Gasteiger partial charge in [-0.25, -0.2) is 10.2 Å². The number of amidine groups is 1. The van der Waals surface area contributed by atoms with Gasteiger partial charge in [0.15, 0.2) is 5.84 Å². The van der Waals surface area contributed by atoms with Crippen LogP contribution in [-0.2, 0) is 6.54 Å². The number of hydrazone groups is 1. The first-order chi connectivity index (χ1) is 13.0. The highest BCUT2D eigenvalue weighted by atomic mass is 35.5. The molecule has 1 aliphatic heterocycles. The average Bonchev–Trinajstić information content (AvgIpc) is 3.24. The number of nitrogens with zero attached hydrogens (tertiary/aromatic N) is 3. The minimum atomic E-state index is 0.435. The van der Waals surface area contributed by atoms with Crippen molar-refractivity contribution in [1.82, 2.24) is 25.9 Å². The molecule has 2 aromatic carbocycles. The summed E-state index contributed by atoms with van der Waals surface area (Å²) in [7, 11) is 0. The number of rotatable bonds is 4. The van der Waals surface area contributed by atoms with Gasteiger partial charge in [-0.1, -0.05) is 71.3 Å². The van der Waals surface area contributed by atoms with Crippen molar-refractivity contribution in [2.45, 2.75) is 13.5 Å². The molecule has 0 spiro atoms. The van der Waals surface area contributed by atoms with E-state index in [1.165, 1.54) is 5.56 Å². The van der Waals surface area contributed by atoms with E-state index in [1.807, 2.05) is 23.2 Å². The van der Waals surface area contributed by atoms with Crippen LogP contribution in [0.5, 0.6) is 0 Å². The summed E-state index contributed by atoms with van der Waals surface area (Å²) in [6, 6.07) is 13.7. The Hall–Kier alpha value is -2.32. The van der Waals surface area contributed by atoms with Gasteiger partial charge >= 0.3 is 0 Å². The zero-order chi connectivity index (χ0) is 19.0. The number of hydrogen-bond acceptors (Lipinski definition) is 5. The maximum absolute atomic E-state index is 6.34. The van der Waals surface area contributed by atoms with E-state index in [-0.39, 0.29) is 0 Å². The van der Waals surface area contributed by atoms with E-state index in [2.05, 4.69) is 46.4 Å². The van der Waals surface area contributed by atoms with Crippen molar-refractivity contribution in [1.29, 1.82) is 0 Å². The average molecular weight is 419 g/mol. The first-order valence-corrected chi connectivity index (χ1v) is 9.37. The Morgan fingerprint density at radius 3 is 2.78 bits per heavy atom. The number of aromatic amines is 1. The monoisotopic (exact) mass is 418 g/mol. The lowest BCUT2D eigenvalue weighted by Crippen LogP contribution is -2.40. The minimum Gasteiger partial charge on any atom is -0.299 e. The third-order valence-corrected chi connectivity index (χ3v) is 5.42. The Morgan fingerprint density at radius 1 is 1.15 bits per heavy atom. The van der Waals surface area contributed by atoms with E-state index in [4.69, 9.17) is 35.4 Å². The lowest BCUT2D eigenvalue weighted by Gasteiger charge is -2.18. The molecule has 0 atom stereocenters. The van der Waals surface area contributed by atoms with Crippen molar-refractivity contribution in [2.75, 3.05) is 0 Å². The molecule has 3 N–H and O–H groups in total. The molecule has 0 saturated carbocycles. The molecule has 0 fully saturated rings. The van der Waals surface area contributed by atoms with E-state index in [0.717, 1.165) is 11.1 Å². The highest BCUT2D eigenvalue weighted by molar-refractivity contribution is 7.71. The maximum Gasteiger partial charge on any atom is 0.177 e. The minimum absolute atomic E-state index is 0.435. The highest BCUT2D eigenvalue weighted by Crippen LogP contribution is 2.29. The van der Waals surface area contributed by atoms with Gasteiger partial charge in [-0.15, -0.1) is 10.6 Å². The van der Waals surface area contributed by atoms with E-state index in [0.29, 0.717) is 32.8 Å². The van der Waals surface area contributed by atoms with Gasteiger partial charge in [0, 0.05) is 6.20 Å². The van der Waals surface area contributed by atoms with Crippen LogP contribution < -0.4 is 11.1 Å². The van der Waals surface area contributed by atoms with E-state index < -0.39 is 0 Å². The second kappa shape index (κ2) is 7.36. The summed E-state index contributed by atoms with van der Waals surface area (Å²) in [5.74, 6) is 0.689. The molecule has 0 saturated heterocycles. The molecule has 0 aliphatic carbocycles. The van der Waals surface area contributed by atoms with Crippen molar-refractivity contribution in [3.63, 3.8) is 0 Å². The summed E-state index contributed by atoms with van der Waals surface area (Å²) >= 11 is 18.1. The van der Waals surface area contributed by atoms with Crippen molar-refractivity contribution < 1.29 is 0 Å². The van der Waals surface area contributed by atoms with Gasteiger partial charge in [0.1, 0.15) is 4.64 Å². The van der Waals surface area contributed by atoms with Gasteiger partial charge in [0.05, 0.1) is 27.8 Å². The normalized spacial score (nSPS) is 13.6. The van der Waals surface area contributed by atoms with Crippen LogP contribution in [0.2, 0.25) is 10.0 Å². The fourth-order valence-corrected chi connectivity index (χ4v) is 3.62. The smallest absolute Gasteiger partial charge is 0.177 e. The van der Waals surface area contributed by atoms with E-state index >= 15 is 0 Å². The van der Waals surface area contributed by atoms with E-state index in [9.17, 15) is 0 Å². The maximum atomic E-state index is 6.34. The number of hydrogen-bond donors (Lipinski definition) is 3. The fraction of sp³-hybridized carbons (Fsp3) is 0.111. The quantitative estimate of drug-likeness (QED) is 0.551. The molecule has 3 aromatic rings. The molecule has 4 rings (SSSR count). The Labute approximate surface area is 171 Å². The lowest BCUT2D eigenvalue weighted by atomic mass is 10.1. The molecular weight excluding hydrogens is 403 g/mol. The Bertz CT molecular complexity index is 1090. The van der Waals surface area contributed by atoms with Crippen LogP contribution in [0.3, 0.4) is 0 Å². The highest BCUT2D eigenvalue weighted by Gasteiger charge is 2.23. The molecule has 27 heavy (non-hydrogen) atoms. The third-order valence-electron chi connectivity index (χ3n) is 4.21. The van der Waals surface area contributed by atoms with Crippen LogP contribution in [0.4, 0.5) is 0 Å². The predicted octanol–water partition coefficient (Wildman–Crippen LogP) is 4.34. The molecule has 138 valence electrons. The lowest BCUT2D eigenvalue weighted by molar-refractivity contribution is 0.288. The van der Waals surface area contributed by atoms with Crippen molar-refractivity contribution in [2.24, 2.45) is 5.10 Å². The Balaban J connectivity index is 1.66. The van der Waals surface area contributed by atoms with Gasteiger partial charge in [-0.05, 0) is 24.6 Å². The largest absolute Gasteiger partial charge is 0.299 e. The SMILES string of the molecule is Cc1cccc(CN2NNN=C2c2c[nH]n(-c3cccc(Cl)c3Cl)c2=S)c1. The third kappa shape index (κ3) is 3.46. The molecule has 0 unspecified atom stereocenters. The summed E-state index contributed by atoms with van der Waals surface area (Å²) in [6.07, 6.45) is 1.80. The summed E-state index contributed by atoms with van der Waals surface area (Å²) < 4.78 is 2.27. The van der Waals surface area contributed by atoms with Gasteiger partial charge in [-0.2, -0.15) is 0 Å². The molecule has 0 radical (unpaired) electrons. The van der Waals surface area contributed by atoms with Crippen molar-refractivity contribution >= 4 is 41.3 Å². The summed E-state index contributed by atoms with van der Waals surface area (Å²) in [4.78, 5) is 0. The second-order valence-corrected chi connectivity index (χ2v) is 7.31. The molecule has 9 heteroatoms. The Morgan fingerprint density at radius 2 is 1.96 bits per heavy atom. The first kappa shape index (κ1) is 18.1. The molecular formula is C18H16Cl2N6S. The van der Waals surface area contributed by atoms with Crippen molar-refractivity contribution in [3.8, 4) is 5.69 Å². The van der Waals surface area contributed by atoms with Crippen LogP contribution in [0.15, 0.2) is 53.8 Å². The number of hydrazine groups is 2. The summed E-state index contributed by atoms with van der Waals surface area (Å²) in [6.45, 7) is 2.70.